The van der Waals surface area contributed by atoms with Gasteiger partial charge in [-0.05, 0) is 63.5 Å². The SMILES string of the molecule is CC/C=C/C/C=C/C/C=C/CCCC/C=C/C=C=CCCC(=O)O. The van der Waals surface area contributed by atoms with Crippen LogP contribution in [0.25, 0.3) is 0 Å². The van der Waals surface area contributed by atoms with E-state index in [1.807, 2.05) is 12.2 Å². The average Bonchev–Trinajstić information content (AvgIpc) is 2.56. The van der Waals surface area contributed by atoms with Crippen LogP contribution in [0.3, 0.4) is 0 Å². The van der Waals surface area contributed by atoms with Gasteiger partial charge in [0.1, 0.15) is 0 Å². The van der Waals surface area contributed by atoms with E-state index in [4.69, 9.17) is 5.11 Å². The van der Waals surface area contributed by atoms with Gasteiger partial charge in [0, 0.05) is 6.42 Å². The minimum absolute atomic E-state index is 0.170. The van der Waals surface area contributed by atoms with Gasteiger partial charge in [-0.25, -0.2) is 0 Å². The minimum atomic E-state index is -0.766. The zero-order chi connectivity index (χ0) is 17.7. The van der Waals surface area contributed by atoms with Crippen LogP contribution in [0, 0.1) is 0 Å². The summed E-state index contributed by atoms with van der Waals surface area (Å²) in [4.78, 5) is 10.3. The zero-order valence-corrected chi connectivity index (χ0v) is 15.0. The highest BCUT2D eigenvalue weighted by molar-refractivity contribution is 5.66. The van der Waals surface area contributed by atoms with E-state index in [0.717, 1.165) is 32.1 Å². The van der Waals surface area contributed by atoms with Crippen molar-refractivity contribution in [2.45, 2.75) is 64.7 Å². The Morgan fingerprint density at radius 2 is 1.50 bits per heavy atom. The fourth-order valence-corrected chi connectivity index (χ4v) is 1.92. The first-order chi connectivity index (χ1) is 11.8. The quantitative estimate of drug-likeness (QED) is 0.170. The van der Waals surface area contributed by atoms with Crippen LogP contribution in [0.4, 0.5) is 0 Å². The molecule has 0 saturated heterocycles. The van der Waals surface area contributed by atoms with Gasteiger partial charge in [0.25, 0.3) is 0 Å². The van der Waals surface area contributed by atoms with E-state index in [1.54, 1.807) is 6.08 Å². The highest BCUT2D eigenvalue weighted by Crippen LogP contribution is 2.02. The molecule has 0 aromatic rings. The molecule has 0 aliphatic rings. The molecule has 24 heavy (non-hydrogen) atoms. The number of aliphatic carboxylic acids is 1. The number of carboxylic acids is 1. The van der Waals surface area contributed by atoms with Crippen LogP contribution in [0.15, 0.2) is 66.5 Å². The Labute approximate surface area is 147 Å². The van der Waals surface area contributed by atoms with Crippen molar-refractivity contribution >= 4 is 5.97 Å². The van der Waals surface area contributed by atoms with Crippen molar-refractivity contribution in [2.75, 3.05) is 0 Å². The molecule has 132 valence electrons. The van der Waals surface area contributed by atoms with Crippen molar-refractivity contribution in [1.82, 2.24) is 0 Å². The predicted molar refractivity (Wildman–Crippen MR) is 104 cm³/mol. The molecule has 0 bridgehead atoms. The Bertz CT molecular complexity index is 472. The summed E-state index contributed by atoms with van der Waals surface area (Å²) in [6.07, 6.45) is 29.5. The lowest BCUT2D eigenvalue weighted by molar-refractivity contribution is -0.136. The smallest absolute Gasteiger partial charge is 0.303 e. The number of carbonyl (C=O) groups is 1. The monoisotopic (exact) mass is 328 g/mol. The van der Waals surface area contributed by atoms with E-state index in [2.05, 4.69) is 55.2 Å². The predicted octanol–water partition coefficient (Wildman–Crippen LogP) is 6.54. The van der Waals surface area contributed by atoms with Crippen LogP contribution in [0.1, 0.15) is 64.7 Å². The van der Waals surface area contributed by atoms with Gasteiger partial charge in [0.05, 0.1) is 0 Å². The van der Waals surface area contributed by atoms with Crippen molar-refractivity contribution in [3.63, 3.8) is 0 Å². The van der Waals surface area contributed by atoms with E-state index < -0.39 is 5.97 Å². The summed E-state index contributed by atoms with van der Waals surface area (Å²) in [5.74, 6) is -0.766. The Hall–Kier alpha value is -2.05. The molecule has 0 amide bonds. The third-order valence-corrected chi connectivity index (χ3v) is 3.22. The van der Waals surface area contributed by atoms with Gasteiger partial charge < -0.3 is 5.11 Å². The van der Waals surface area contributed by atoms with Crippen molar-refractivity contribution in [3.05, 3.63) is 66.5 Å². The Morgan fingerprint density at radius 3 is 2.17 bits per heavy atom. The lowest BCUT2D eigenvalue weighted by Crippen LogP contribution is -1.91. The van der Waals surface area contributed by atoms with Crippen molar-refractivity contribution in [2.24, 2.45) is 0 Å². The molecule has 1 N–H and O–H groups in total. The fraction of sp³-hybridized carbons (Fsp3) is 0.455. The summed E-state index contributed by atoms with van der Waals surface area (Å²) >= 11 is 0. The van der Waals surface area contributed by atoms with Gasteiger partial charge in [-0.2, -0.15) is 0 Å². The molecule has 0 aromatic carbocycles. The van der Waals surface area contributed by atoms with Crippen LogP contribution in [0.5, 0.6) is 0 Å². The maximum absolute atomic E-state index is 10.3. The molecule has 0 rings (SSSR count). The van der Waals surface area contributed by atoms with Crippen LogP contribution in [-0.2, 0) is 4.79 Å². The van der Waals surface area contributed by atoms with E-state index in [0.29, 0.717) is 6.42 Å². The molecule has 0 fully saturated rings. The molecule has 0 atom stereocenters. The van der Waals surface area contributed by atoms with Crippen LogP contribution in [-0.4, -0.2) is 11.1 Å². The molecule has 0 unspecified atom stereocenters. The maximum Gasteiger partial charge on any atom is 0.303 e. The van der Waals surface area contributed by atoms with Crippen LogP contribution in [0.2, 0.25) is 0 Å². The first-order valence-electron chi connectivity index (χ1n) is 9.00. The number of rotatable bonds is 14. The van der Waals surface area contributed by atoms with Gasteiger partial charge in [0.15, 0.2) is 0 Å². The van der Waals surface area contributed by atoms with Crippen LogP contribution < -0.4 is 0 Å². The first-order valence-corrected chi connectivity index (χ1v) is 9.00. The Balaban J connectivity index is 3.48. The van der Waals surface area contributed by atoms with E-state index in [1.165, 1.54) is 12.8 Å². The van der Waals surface area contributed by atoms with Gasteiger partial charge >= 0.3 is 5.97 Å². The topological polar surface area (TPSA) is 37.3 Å². The molecule has 0 aromatic heterocycles. The normalized spacial score (nSPS) is 11.7. The summed E-state index contributed by atoms with van der Waals surface area (Å²) in [6, 6.07) is 0. The maximum atomic E-state index is 10.3. The lowest BCUT2D eigenvalue weighted by Gasteiger charge is -1.92. The summed E-state index contributed by atoms with van der Waals surface area (Å²) < 4.78 is 0. The fourth-order valence-electron chi connectivity index (χ4n) is 1.92. The van der Waals surface area contributed by atoms with Gasteiger partial charge in [0.2, 0.25) is 0 Å². The van der Waals surface area contributed by atoms with Gasteiger partial charge in [-0.3, -0.25) is 4.79 Å². The summed E-state index contributed by atoms with van der Waals surface area (Å²) in [5.41, 5.74) is 2.97. The summed E-state index contributed by atoms with van der Waals surface area (Å²) in [6.45, 7) is 2.15. The second-order valence-electron chi connectivity index (χ2n) is 5.48. The molecule has 0 aliphatic heterocycles. The molecule has 2 heteroatoms. The molecule has 0 radical (unpaired) electrons. The highest BCUT2D eigenvalue weighted by atomic mass is 16.4. The average molecular weight is 328 g/mol. The Kier molecular flexibility index (Phi) is 17.4. The van der Waals surface area contributed by atoms with E-state index >= 15 is 0 Å². The molecule has 0 heterocycles. The zero-order valence-electron chi connectivity index (χ0n) is 15.0. The van der Waals surface area contributed by atoms with Crippen molar-refractivity contribution in [3.8, 4) is 0 Å². The summed E-state index contributed by atoms with van der Waals surface area (Å²) in [7, 11) is 0. The minimum Gasteiger partial charge on any atom is -0.481 e. The molecule has 0 spiro atoms. The molecule has 0 aliphatic carbocycles. The van der Waals surface area contributed by atoms with E-state index in [9.17, 15) is 4.79 Å². The third kappa shape index (κ3) is 19.9. The second kappa shape index (κ2) is 19.0. The van der Waals surface area contributed by atoms with Crippen molar-refractivity contribution < 1.29 is 9.90 Å². The molecular formula is C22H32O2. The Morgan fingerprint density at radius 1 is 0.875 bits per heavy atom. The number of allylic oxidation sites excluding steroid dienone is 9. The largest absolute Gasteiger partial charge is 0.481 e. The summed E-state index contributed by atoms with van der Waals surface area (Å²) in [5, 5.41) is 8.47. The molecular weight excluding hydrogens is 296 g/mol. The van der Waals surface area contributed by atoms with Gasteiger partial charge in [-0.15, -0.1) is 5.73 Å². The number of unbranched alkanes of at least 4 members (excludes halogenated alkanes) is 3. The number of hydrogen-bond donors (Lipinski definition) is 1. The second-order valence-corrected chi connectivity index (χ2v) is 5.48. The number of carboxylic acid groups (broad SMARTS) is 1. The standard InChI is InChI=1S/C22H32O2/c1-2-3-4-5-6-7-8-9-10-11-12-13-14-15-16-17-18-19-20-21-22(23)24/h3-4,6-7,9-10,15-17,19H,2,5,8,11-14,20-21H2,1H3,(H,23,24)/b4-3+,7-6+,10-9+,16-15+. The third-order valence-electron chi connectivity index (χ3n) is 3.22. The van der Waals surface area contributed by atoms with E-state index in [-0.39, 0.29) is 6.42 Å². The number of hydrogen-bond acceptors (Lipinski definition) is 1. The lowest BCUT2D eigenvalue weighted by atomic mass is 10.1. The highest BCUT2D eigenvalue weighted by Gasteiger charge is 1.90. The van der Waals surface area contributed by atoms with Crippen molar-refractivity contribution in [1.29, 1.82) is 0 Å². The molecule has 0 saturated carbocycles. The van der Waals surface area contributed by atoms with Crippen LogP contribution >= 0.6 is 0 Å². The first kappa shape index (κ1) is 21.9. The van der Waals surface area contributed by atoms with Gasteiger partial charge in [-0.1, -0.05) is 55.5 Å². The molecule has 2 nitrogen and oxygen atoms in total.